The van der Waals surface area contributed by atoms with Crippen LogP contribution >= 0.6 is 0 Å². The van der Waals surface area contributed by atoms with Gasteiger partial charge in [0.25, 0.3) is 0 Å². The van der Waals surface area contributed by atoms with Crippen LogP contribution in [0.25, 0.3) is 10.9 Å². The molecule has 0 saturated carbocycles. The summed E-state index contributed by atoms with van der Waals surface area (Å²) in [4.78, 5) is 12.6. The van der Waals surface area contributed by atoms with Gasteiger partial charge in [0, 0.05) is 29.9 Å². The number of alkyl halides is 3. The predicted octanol–water partition coefficient (Wildman–Crippen LogP) is 5.40. The van der Waals surface area contributed by atoms with E-state index in [1.165, 1.54) is 12.4 Å². The van der Waals surface area contributed by atoms with Gasteiger partial charge in [0.1, 0.15) is 18.0 Å². The molecule has 5 nitrogen and oxygen atoms in total. The van der Waals surface area contributed by atoms with Gasteiger partial charge in [-0.2, -0.15) is 13.2 Å². The molecule has 4 aromatic rings. The van der Waals surface area contributed by atoms with Gasteiger partial charge in [0.2, 0.25) is 0 Å². The topological polar surface area (TPSA) is 62.7 Å². The van der Waals surface area contributed by atoms with Crippen LogP contribution in [0.15, 0.2) is 73.2 Å². The maximum atomic E-state index is 12.8. The van der Waals surface area contributed by atoms with Crippen molar-refractivity contribution in [2.75, 3.05) is 10.6 Å². The fourth-order valence-electron chi connectivity index (χ4n) is 2.87. The van der Waals surface area contributed by atoms with Crippen LogP contribution < -0.4 is 10.6 Å². The number of anilines is 3. The van der Waals surface area contributed by atoms with E-state index in [0.717, 1.165) is 28.7 Å². The molecule has 146 valence electrons. The number of hydrogen-bond donors (Lipinski definition) is 2. The van der Waals surface area contributed by atoms with E-state index < -0.39 is 11.7 Å². The molecule has 0 fully saturated rings. The maximum Gasteiger partial charge on any atom is 0.416 e. The van der Waals surface area contributed by atoms with E-state index in [-0.39, 0.29) is 6.54 Å². The van der Waals surface area contributed by atoms with Crippen LogP contribution in [0.1, 0.15) is 11.1 Å². The lowest BCUT2D eigenvalue weighted by Gasteiger charge is -2.11. The number of hydrogen-bond acceptors (Lipinski definition) is 5. The molecule has 2 N–H and O–H groups in total. The number of aromatic nitrogens is 3. The van der Waals surface area contributed by atoms with Crippen LogP contribution in [-0.4, -0.2) is 15.0 Å². The highest BCUT2D eigenvalue weighted by Gasteiger charge is 2.30. The molecule has 0 aliphatic heterocycles. The third-order valence-electron chi connectivity index (χ3n) is 4.27. The molecular formula is C21H16F3N5. The molecule has 0 aliphatic carbocycles. The highest BCUT2D eigenvalue weighted by Crippen LogP contribution is 2.29. The summed E-state index contributed by atoms with van der Waals surface area (Å²) in [6.07, 6.45) is -1.24. The Bertz CT molecular complexity index is 1140. The minimum atomic E-state index is -4.36. The van der Waals surface area contributed by atoms with Crippen molar-refractivity contribution in [3.63, 3.8) is 0 Å². The number of pyridine rings is 1. The zero-order valence-corrected chi connectivity index (χ0v) is 15.1. The summed E-state index contributed by atoms with van der Waals surface area (Å²) >= 11 is 0. The van der Waals surface area contributed by atoms with Gasteiger partial charge in [-0.3, -0.25) is 4.98 Å². The number of halogens is 3. The van der Waals surface area contributed by atoms with E-state index in [1.807, 2.05) is 30.3 Å². The average Bonchev–Trinajstić information content (AvgIpc) is 2.72. The third kappa shape index (κ3) is 4.60. The Morgan fingerprint density at radius 2 is 1.69 bits per heavy atom. The molecule has 4 rings (SSSR count). The molecule has 2 heterocycles. The van der Waals surface area contributed by atoms with Crippen molar-refractivity contribution in [2.24, 2.45) is 0 Å². The Hall–Kier alpha value is -3.68. The van der Waals surface area contributed by atoms with Crippen molar-refractivity contribution in [2.45, 2.75) is 12.7 Å². The lowest BCUT2D eigenvalue weighted by Crippen LogP contribution is -2.07. The molecule has 2 aromatic carbocycles. The number of nitrogens with one attached hydrogen (secondary N) is 2. The predicted molar refractivity (Wildman–Crippen MR) is 106 cm³/mol. The molecule has 0 atom stereocenters. The van der Waals surface area contributed by atoms with Gasteiger partial charge in [-0.25, -0.2) is 9.97 Å². The molecule has 0 bridgehead atoms. The molecule has 0 spiro atoms. The van der Waals surface area contributed by atoms with Gasteiger partial charge in [0.15, 0.2) is 0 Å². The zero-order chi connectivity index (χ0) is 20.3. The first-order valence-electron chi connectivity index (χ1n) is 8.81. The Labute approximate surface area is 164 Å². The number of nitrogens with zero attached hydrogens (tertiary/aromatic N) is 3. The van der Waals surface area contributed by atoms with E-state index in [1.54, 1.807) is 18.3 Å². The SMILES string of the molecule is FC(F)(F)c1cccc(CNc2cc(Nc3ccc4ncccc4c3)ncn2)c1. The smallest absolute Gasteiger partial charge is 0.366 e. The highest BCUT2D eigenvalue weighted by atomic mass is 19.4. The molecule has 8 heteroatoms. The summed E-state index contributed by atoms with van der Waals surface area (Å²) in [6.45, 7) is 0.210. The first kappa shape index (κ1) is 18.7. The third-order valence-corrected chi connectivity index (χ3v) is 4.27. The van der Waals surface area contributed by atoms with Gasteiger partial charge in [-0.1, -0.05) is 18.2 Å². The largest absolute Gasteiger partial charge is 0.416 e. The van der Waals surface area contributed by atoms with Crippen LogP contribution in [0.3, 0.4) is 0 Å². The van der Waals surface area contributed by atoms with Crippen LogP contribution in [0.4, 0.5) is 30.5 Å². The summed E-state index contributed by atoms with van der Waals surface area (Å²) in [5.74, 6) is 1.07. The van der Waals surface area contributed by atoms with Gasteiger partial charge >= 0.3 is 6.18 Å². The summed E-state index contributed by atoms with van der Waals surface area (Å²) in [6, 6.07) is 16.5. The minimum Gasteiger partial charge on any atom is -0.366 e. The van der Waals surface area contributed by atoms with Gasteiger partial charge < -0.3 is 10.6 Å². The molecule has 0 amide bonds. The number of rotatable bonds is 5. The molecule has 0 saturated heterocycles. The summed E-state index contributed by atoms with van der Waals surface area (Å²) in [7, 11) is 0. The Kier molecular flexibility index (Phi) is 4.99. The summed E-state index contributed by atoms with van der Waals surface area (Å²) < 4.78 is 38.5. The molecule has 0 radical (unpaired) electrons. The van der Waals surface area contributed by atoms with Gasteiger partial charge in [-0.15, -0.1) is 0 Å². The van der Waals surface area contributed by atoms with Crippen molar-refractivity contribution in [1.29, 1.82) is 0 Å². The second-order valence-corrected chi connectivity index (χ2v) is 6.38. The van der Waals surface area contributed by atoms with Gasteiger partial charge in [-0.05, 0) is 42.0 Å². The van der Waals surface area contributed by atoms with Crippen LogP contribution in [-0.2, 0) is 12.7 Å². The lowest BCUT2D eigenvalue weighted by atomic mass is 10.1. The first-order valence-corrected chi connectivity index (χ1v) is 8.81. The van der Waals surface area contributed by atoms with Crippen molar-refractivity contribution in [3.05, 3.63) is 84.3 Å². The Balaban J connectivity index is 1.46. The molecule has 0 unspecified atom stereocenters. The highest BCUT2D eigenvalue weighted by molar-refractivity contribution is 5.83. The molecular weight excluding hydrogens is 379 g/mol. The normalized spacial score (nSPS) is 11.4. The van der Waals surface area contributed by atoms with Gasteiger partial charge in [0.05, 0.1) is 11.1 Å². The van der Waals surface area contributed by atoms with E-state index in [9.17, 15) is 13.2 Å². The van der Waals surface area contributed by atoms with Crippen molar-refractivity contribution in [1.82, 2.24) is 15.0 Å². The average molecular weight is 395 g/mol. The van der Waals surface area contributed by atoms with Crippen LogP contribution in [0.2, 0.25) is 0 Å². The standard InChI is InChI=1S/C21H16F3N5/c22-21(23,24)16-5-1-3-14(9-16)12-26-19-11-20(28-13-27-19)29-17-6-7-18-15(10-17)4-2-8-25-18/h1-11,13H,12H2,(H2,26,27,28,29). The van der Waals surface area contributed by atoms with E-state index in [4.69, 9.17) is 0 Å². The Morgan fingerprint density at radius 3 is 2.55 bits per heavy atom. The van der Waals surface area contributed by atoms with E-state index in [0.29, 0.717) is 17.2 Å². The number of benzene rings is 2. The fourth-order valence-corrected chi connectivity index (χ4v) is 2.87. The van der Waals surface area contributed by atoms with Crippen molar-refractivity contribution >= 4 is 28.2 Å². The van der Waals surface area contributed by atoms with Crippen molar-refractivity contribution in [3.8, 4) is 0 Å². The quantitative estimate of drug-likeness (QED) is 0.474. The Morgan fingerprint density at radius 1 is 0.828 bits per heavy atom. The minimum absolute atomic E-state index is 0.210. The molecule has 0 aliphatic rings. The first-order chi connectivity index (χ1) is 14.0. The zero-order valence-electron chi connectivity index (χ0n) is 15.1. The maximum absolute atomic E-state index is 12.8. The summed E-state index contributed by atoms with van der Waals surface area (Å²) in [5, 5.41) is 7.22. The van der Waals surface area contributed by atoms with Crippen molar-refractivity contribution < 1.29 is 13.2 Å². The molecule has 29 heavy (non-hydrogen) atoms. The number of fused-ring (bicyclic) bond motifs is 1. The second-order valence-electron chi connectivity index (χ2n) is 6.38. The fraction of sp³-hybridized carbons (Fsp3) is 0.0952. The van der Waals surface area contributed by atoms with E-state index in [2.05, 4.69) is 25.6 Å². The monoisotopic (exact) mass is 395 g/mol. The second kappa shape index (κ2) is 7.75. The molecule has 2 aromatic heterocycles. The summed E-state index contributed by atoms with van der Waals surface area (Å²) in [5.41, 5.74) is 1.57. The van der Waals surface area contributed by atoms with Crippen LogP contribution in [0, 0.1) is 0 Å². The van der Waals surface area contributed by atoms with E-state index >= 15 is 0 Å². The lowest BCUT2D eigenvalue weighted by molar-refractivity contribution is -0.137. The van der Waals surface area contributed by atoms with Crippen LogP contribution in [0.5, 0.6) is 0 Å².